The Kier molecular flexibility index (Phi) is 6.87. The standard InChI is InChI=1S/C23H31F2N3O2/c24-19-3-6-22(21(25)15-19)28-12-10-27(11-13-28)9-7-17-1-4-20(5-2-17)26-23(29)18-8-14-30-16-18/h3,6,15-17,20H,1-2,4-5,7-14H2,(H,26,29). The van der Waals surface area contributed by atoms with Crippen LogP contribution in [0.25, 0.3) is 0 Å². The van der Waals surface area contributed by atoms with Crippen molar-refractivity contribution in [3.63, 3.8) is 0 Å². The minimum atomic E-state index is -0.534. The van der Waals surface area contributed by atoms with Crippen LogP contribution in [0.15, 0.2) is 30.0 Å². The average Bonchev–Trinajstić information content (AvgIpc) is 3.29. The van der Waals surface area contributed by atoms with E-state index in [2.05, 4.69) is 10.2 Å². The van der Waals surface area contributed by atoms with E-state index in [0.717, 1.165) is 70.0 Å². The maximum absolute atomic E-state index is 14.0. The number of anilines is 1. The topological polar surface area (TPSA) is 44.8 Å². The minimum absolute atomic E-state index is 0.0337. The van der Waals surface area contributed by atoms with Gasteiger partial charge in [0.1, 0.15) is 11.6 Å². The summed E-state index contributed by atoms with van der Waals surface area (Å²) in [5.41, 5.74) is 1.26. The van der Waals surface area contributed by atoms with Gasteiger partial charge in [0.25, 0.3) is 5.91 Å². The molecule has 1 saturated carbocycles. The summed E-state index contributed by atoms with van der Waals surface area (Å²) in [6.07, 6.45) is 7.87. The number of rotatable bonds is 6. The zero-order valence-electron chi connectivity index (χ0n) is 17.4. The van der Waals surface area contributed by atoms with Crippen LogP contribution in [0.5, 0.6) is 0 Å². The first kappa shape index (κ1) is 21.1. The lowest BCUT2D eigenvalue weighted by molar-refractivity contribution is -0.118. The molecule has 2 heterocycles. The molecule has 1 amide bonds. The fourth-order valence-electron chi connectivity index (χ4n) is 4.74. The maximum Gasteiger partial charge on any atom is 0.250 e. The van der Waals surface area contributed by atoms with Crippen LogP contribution in [0.3, 0.4) is 0 Å². The van der Waals surface area contributed by atoms with E-state index in [4.69, 9.17) is 4.74 Å². The van der Waals surface area contributed by atoms with E-state index in [0.29, 0.717) is 24.6 Å². The van der Waals surface area contributed by atoms with Gasteiger partial charge in [0, 0.05) is 44.7 Å². The van der Waals surface area contributed by atoms with Gasteiger partial charge in [-0.1, -0.05) is 0 Å². The van der Waals surface area contributed by atoms with Gasteiger partial charge in [-0.05, 0) is 56.7 Å². The number of piperazine rings is 1. The molecule has 0 radical (unpaired) electrons. The molecule has 1 saturated heterocycles. The van der Waals surface area contributed by atoms with Crippen LogP contribution in [0.1, 0.15) is 38.5 Å². The zero-order chi connectivity index (χ0) is 20.9. The number of benzene rings is 1. The van der Waals surface area contributed by atoms with Gasteiger partial charge < -0.3 is 15.0 Å². The summed E-state index contributed by atoms with van der Waals surface area (Å²) in [6, 6.07) is 4.10. The molecule has 1 N–H and O–H groups in total. The lowest BCUT2D eigenvalue weighted by Crippen LogP contribution is -2.47. The van der Waals surface area contributed by atoms with Crippen LogP contribution < -0.4 is 10.2 Å². The second-order valence-corrected chi connectivity index (χ2v) is 8.67. The van der Waals surface area contributed by atoms with Gasteiger partial charge in [-0.25, -0.2) is 8.78 Å². The molecule has 0 spiro atoms. The Morgan fingerprint density at radius 2 is 1.87 bits per heavy atom. The third-order valence-electron chi connectivity index (χ3n) is 6.66. The van der Waals surface area contributed by atoms with Crippen molar-refractivity contribution in [1.82, 2.24) is 10.2 Å². The summed E-state index contributed by atoms with van der Waals surface area (Å²) in [6.45, 7) is 5.01. The molecule has 1 aromatic carbocycles. The van der Waals surface area contributed by atoms with E-state index in [9.17, 15) is 13.6 Å². The molecule has 1 aliphatic carbocycles. The molecule has 0 aromatic heterocycles. The minimum Gasteiger partial charge on any atom is -0.500 e. The van der Waals surface area contributed by atoms with Gasteiger partial charge in [0.05, 0.1) is 24.1 Å². The molecule has 164 valence electrons. The van der Waals surface area contributed by atoms with Crippen molar-refractivity contribution in [1.29, 1.82) is 0 Å². The second-order valence-electron chi connectivity index (χ2n) is 8.67. The van der Waals surface area contributed by atoms with Crippen molar-refractivity contribution in [3.05, 3.63) is 41.7 Å². The number of nitrogens with zero attached hydrogens (tertiary/aromatic N) is 2. The van der Waals surface area contributed by atoms with Crippen molar-refractivity contribution in [2.75, 3.05) is 44.2 Å². The molecule has 2 aliphatic heterocycles. The molecule has 5 nitrogen and oxygen atoms in total. The Hall–Kier alpha value is -2.15. The van der Waals surface area contributed by atoms with Crippen LogP contribution in [-0.2, 0) is 9.53 Å². The smallest absolute Gasteiger partial charge is 0.250 e. The van der Waals surface area contributed by atoms with Crippen LogP contribution in [0, 0.1) is 17.6 Å². The molecule has 1 aromatic rings. The Balaban J connectivity index is 1.14. The van der Waals surface area contributed by atoms with Gasteiger partial charge in [-0.3, -0.25) is 9.69 Å². The molecular weight excluding hydrogens is 388 g/mol. The van der Waals surface area contributed by atoms with Gasteiger partial charge >= 0.3 is 0 Å². The van der Waals surface area contributed by atoms with Crippen LogP contribution >= 0.6 is 0 Å². The molecule has 7 heteroatoms. The zero-order valence-corrected chi connectivity index (χ0v) is 17.4. The lowest BCUT2D eigenvalue weighted by Gasteiger charge is -2.37. The monoisotopic (exact) mass is 419 g/mol. The number of carbonyl (C=O) groups is 1. The molecular formula is C23H31F2N3O2. The van der Waals surface area contributed by atoms with Gasteiger partial charge in [-0.2, -0.15) is 0 Å². The summed E-state index contributed by atoms with van der Waals surface area (Å²) in [4.78, 5) is 16.6. The van der Waals surface area contributed by atoms with Crippen molar-refractivity contribution >= 4 is 11.6 Å². The summed E-state index contributed by atoms with van der Waals surface area (Å²) in [7, 11) is 0. The molecule has 0 atom stereocenters. The van der Waals surface area contributed by atoms with Crippen LogP contribution in [0.4, 0.5) is 14.5 Å². The quantitative estimate of drug-likeness (QED) is 0.767. The van der Waals surface area contributed by atoms with Crippen molar-refractivity contribution in [2.24, 2.45) is 5.92 Å². The Morgan fingerprint density at radius 1 is 1.10 bits per heavy atom. The van der Waals surface area contributed by atoms with Gasteiger partial charge in [0.15, 0.2) is 0 Å². The summed E-state index contributed by atoms with van der Waals surface area (Å²) in [5, 5.41) is 3.16. The normalized spacial score (nSPS) is 25.0. The SMILES string of the molecule is O=C(NC1CCC(CCN2CCN(c3ccc(F)cc3F)CC2)CC1)C1=COCC1. The highest BCUT2D eigenvalue weighted by atomic mass is 19.1. The Morgan fingerprint density at radius 3 is 2.53 bits per heavy atom. The molecule has 0 bridgehead atoms. The summed E-state index contributed by atoms with van der Waals surface area (Å²) in [5.74, 6) is -0.274. The highest BCUT2D eigenvalue weighted by Gasteiger charge is 2.25. The largest absolute Gasteiger partial charge is 0.500 e. The Bertz CT molecular complexity index is 770. The van der Waals surface area contributed by atoms with E-state index in [1.54, 1.807) is 6.26 Å². The second kappa shape index (κ2) is 9.77. The van der Waals surface area contributed by atoms with Crippen molar-refractivity contribution in [3.8, 4) is 0 Å². The first-order valence-corrected chi connectivity index (χ1v) is 11.1. The lowest BCUT2D eigenvalue weighted by atomic mass is 9.84. The third-order valence-corrected chi connectivity index (χ3v) is 6.66. The third kappa shape index (κ3) is 5.31. The number of amides is 1. The number of nitrogens with one attached hydrogen (secondary N) is 1. The highest BCUT2D eigenvalue weighted by Crippen LogP contribution is 2.28. The maximum atomic E-state index is 14.0. The molecule has 30 heavy (non-hydrogen) atoms. The summed E-state index contributed by atoms with van der Waals surface area (Å²) < 4.78 is 32.3. The Labute approximate surface area is 177 Å². The highest BCUT2D eigenvalue weighted by molar-refractivity contribution is 5.93. The number of hydrogen-bond donors (Lipinski definition) is 1. The molecule has 3 aliphatic rings. The van der Waals surface area contributed by atoms with E-state index < -0.39 is 11.6 Å². The van der Waals surface area contributed by atoms with E-state index in [1.165, 1.54) is 18.6 Å². The van der Waals surface area contributed by atoms with Gasteiger partial charge in [-0.15, -0.1) is 0 Å². The predicted molar refractivity (Wildman–Crippen MR) is 112 cm³/mol. The van der Waals surface area contributed by atoms with Crippen LogP contribution in [0.2, 0.25) is 0 Å². The molecule has 2 fully saturated rings. The van der Waals surface area contributed by atoms with E-state index in [-0.39, 0.29) is 11.9 Å². The average molecular weight is 420 g/mol. The molecule has 0 unspecified atom stereocenters. The van der Waals surface area contributed by atoms with Gasteiger partial charge in [0.2, 0.25) is 0 Å². The first-order valence-electron chi connectivity index (χ1n) is 11.1. The number of hydrogen-bond acceptors (Lipinski definition) is 4. The first-order chi connectivity index (χ1) is 14.6. The number of ether oxygens (including phenoxy) is 1. The molecule has 4 rings (SSSR count). The predicted octanol–water partition coefficient (Wildman–Crippen LogP) is 3.46. The fourth-order valence-corrected chi connectivity index (χ4v) is 4.74. The number of halogens is 2. The van der Waals surface area contributed by atoms with Crippen molar-refractivity contribution < 1.29 is 18.3 Å². The summed E-state index contributed by atoms with van der Waals surface area (Å²) >= 11 is 0. The fraction of sp³-hybridized carbons (Fsp3) is 0.609. The van der Waals surface area contributed by atoms with E-state index >= 15 is 0 Å². The van der Waals surface area contributed by atoms with Crippen molar-refractivity contribution in [2.45, 2.75) is 44.6 Å². The van der Waals surface area contributed by atoms with E-state index in [1.807, 2.05) is 4.90 Å². The number of carbonyl (C=O) groups excluding carboxylic acids is 1. The van der Waals surface area contributed by atoms with Crippen LogP contribution in [-0.4, -0.2) is 56.2 Å².